The van der Waals surface area contributed by atoms with Gasteiger partial charge in [-0.1, -0.05) is 30.2 Å². The Morgan fingerprint density at radius 3 is 3.00 bits per heavy atom. The highest BCUT2D eigenvalue weighted by Gasteiger charge is 2.24. The Labute approximate surface area is 117 Å². The quantitative estimate of drug-likeness (QED) is 0.901. The van der Waals surface area contributed by atoms with Gasteiger partial charge in [0.25, 0.3) is 0 Å². The van der Waals surface area contributed by atoms with Gasteiger partial charge >= 0.3 is 0 Å². The third-order valence-corrected chi connectivity index (χ3v) is 5.45. The van der Waals surface area contributed by atoms with Crippen molar-refractivity contribution in [3.8, 4) is 0 Å². The highest BCUT2D eigenvalue weighted by Crippen LogP contribution is 2.30. The van der Waals surface area contributed by atoms with Crippen LogP contribution in [0.25, 0.3) is 0 Å². The Morgan fingerprint density at radius 2 is 2.33 bits per heavy atom. The summed E-state index contributed by atoms with van der Waals surface area (Å²) in [6.07, 6.45) is 4.65. The van der Waals surface area contributed by atoms with E-state index in [2.05, 4.69) is 5.32 Å². The smallest absolute Gasteiger partial charge is 0.142 e. The minimum Gasteiger partial charge on any atom is -0.316 e. The number of thioether (sulfide) groups is 1. The second kappa shape index (κ2) is 6.78. The maximum absolute atomic E-state index is 13.4. The zero-order valence-corrected chi connectivity index (χ0v) is 12.2. The maximum atomic E-state index is 13.4. The third-order valence-electron chi connectivity index (χ3n) is 3.51. The molecule has 1 aliphatic heterocycles. The topological polar surface area (TPSA) is 12.0 Å². The molecule has 1 fully saturated rings. The van der Waals surface area contributed by atoms with Crippen LogP contribution in [0.2, 0.25) is 5.02 Å². The lowest BCUT2D eigenvalue weighted by molar-refractivity contribution is 0.493. The van der Waals surface area contributed by atoms with E-state index in [0.717, 1.165) is 12.0 Å². The molecule has 18 heavy (non-hydrogen) atoms. The summed E-state index contributed by atoms with van der Waals surface area (Å²) < 4.78 is 13.4. The van der Waals surface area contributed by atoms with E-state index < -0.39 is 0 Å². The molecule has 1 aliphatic rings. The lowest BCUT2D eigenvalue weighted by Crippen LogP contribution is -2.39. The summed E-state index contributed by atoms with van der Waals surface area (Å²) in [4.78, 5) is 0. The second-order valence-electron chi connectivity index (χ2n) is 4.72. The molecule has 1 nitrogen and oxygen atoms in total. The average Bonchev–Trinajstić information content (AvgIpc) is 2.41. The van der Waals surface area contributed by atoms with Gasteiger partial charge in [0.2, 0.25) is 0 Å². The van der Waals surface area contributed by atoms with Crippen LogP contribution in [0.5, 0.6) is 0 Å². The van der Waals surface area contributed by atoms with Crippen LogP contribution in [-0.4, -0.2) is 24.1 Å². The van der Waals surface area contributed by atoms with E-state index in [0.29, 0.717) is 11.3 Å². The zero-order valence-electron chi connectivity index (χ0n) is 10.6. The first-order valence-electron chi connectivity index (χ1n) is 6.44. The minimum atomic E-state index is -0.319. The van der Waals surface area contributed by atoms with Crippen molar-refractivity contribution in [2.75, 3.05) is 12.8 Å². The largest absolute Gasteiger partial charge is 0.316 e. The molecule has 4 heteroatoms. The fraction of sp³-hybridized carbons (Fsp3) is 0.571. The molecule has 1 heterocycles. The maximum Gasteiger partial charge on any atom is 0.142 e. The fourth-order valence-electron chi connectivity index (χ4n) is 2.45. The molecular weight excluding hydrogens is 269 g/mol. The summed E-state index contributed by atoms with van der Waals surface area (Å²) in [6.45, 7) is 0. The first-order chi connectivity index (χ1) is 8.72. The molecule has 1 aromatic carbocycles. The van der Waals surface area contributed by atoms with Crippen molar-refractivity contribution in [2.45, 2.75) is 37.0 Å². The molecule has 2 unspecified atom stereocenters. The molecule has 0 bridgehead atoms. The van der Waals surface area contributed by atoms with Crippen LogP contribution in [-0.2, 0) is 6.42 Å². The van der Waals surface area contributed by atoms with Crippen molar-refractivity contribution in [3.63, 3.8) is 0 Å². The Bertz CT molecular complexity index is 393. The Morgan fingerprint density at radius 1 is 1.50 bits per heavy atom. The van der Waals surface area contributed by atoms with E-state index in [1.165, 1.54) is 31.1 Å². The summed E-state index contributed by atoms with van der Waals surface area (Å²) >= 11 is 8.05. The van der Waals surface area contributed by atoms with E-state index in [1.807, 2.05) is 24.9 Å². The molecule has 0 spiro atoms. The van der Waals surface area contributed by atoms with Gasteiger partial charge < -0.3 is 5.32 Å². The van der Waals surface area contributed by atoms with Gasteiger partial charge in [0, 0.05) is 11.3 Å². The van der Waals surface area contributed by atoms with Gasteiger partial charge in [-0.15, -0.1) is 0 Å². The predicted molar refractivity (Wildman–Crippen MR) is 78.1 cm³/mol. The van der Waals surface area contributed by atoms with Crippen molar-refractivity contribution in [2.24, 2.45) is 0 Å². The van der Waals surface area contributed by atoms with Crippen molar-refractivity contribution in [1.29, 1.82) is 0 Å². The molecule has 1 aromatic rings. The van der Waals surface area contributed by atoms with Crippen molar-refractivity contribution in [1.82, 2.24) is 5.32 Å². The Hall–Kier alpha value is -0.250. The van der Waals surface area contributed by atoms with Gasteiger partial charge in [0.1, 0.15) is 5.82 Å². The SMILES string of the molecule is CNC(Cc1cccc(F)c1Cl)C1CCCCS1. The van der Waals surface area contributed by atoms with E-state index in [1.54, 1.807) is 6.07 Å². The molecule has 0 amide bonds. The van der Waals surface area contributed by atoms with E-state index in [9.17, 15) is 4.39 Å². The molecular formula is C14H19ClFNS. The number of nitrogens with one attached hydrogen (secondary N) is 1. The van der Waals surface area contributed by atoms with Gasteiger partial charge in [0.05, 0.1) is 5.02 Å². The van der Waals surface area contributed by atoms with Gasteiger partial charge in [-0.3, -0.25) is 0 Å². The number of benzene rings is 1. The molecule has 1 saturated heterocycles. The summed E-state index contributed by atoms with van der Waals surface area (Å²) in [5, 5.41) is 4.26. The lowest BCUT2D eigenvalue weighted by atomic mass is 9.99. The van der Waals surface area contributed by atoms with Crippen LogP contribution in [0.1, 0.15) is 24.8 Å². The minimum absolute atomic E-state index is 0.276. The number of hydrogen-bond donors (Lipinski definition) is 1. The summed E-state index contributed by atoms with van der Waals surface area (Å²) in [5.74, 6) is 0.917. The van der Waals surface area contributed by atoms with Crippen molar-refractivity contribution < 1.29 is 4.39 Å². The molecule has 0 aliphatic carbocycles. The molecule has 100 valence electrons. The van der Waals surface area contributed by atoms with Crippen LogP contribution in [0.4, 0.5) is 4.39 Å². The second-order valence-corrected chi connectivity index (χ2v) is 6.44. The Kier molecular flexibility index (Phi) is 5.34. The summed E-state index contributed by atoms with van der Waals surface area (Å²) in [6, 6.07) is 5.44. The van der Waals surface area contributed by atoms with Gasteiger partial charge in [-0.2, -0.15) is 11.8 Å². The van der Waals surface area contributed by atoms with Crippen LogP contribution in [0.3, 0.4) is 0 Å². The fourth-order valence-corrected chi connectivity index (χ4v) is 4.12. The molecule has 0 radical (unpaired) electrons. The van der Waals surface area contributed by atoms with Crippen molar-refractivity contribution >= 4 is 23.4 Å². The Balaban J connectivity index is 2.07. The number of likely N-dealkylation sites (N-methyl/N-ethyl adjacent to an activating group) is 1. The average molecular weight is 288 g/mol. The van der Waals surface area contributed by atoms with Crippen LogP contribution >= 0.6 is 23.4 Å². The summed E-state index contributed by atoms with van der Waals surface area (Å²) in [5.41, 5.74) is 0.905. The van der Waals surface area contributed by atoms with Gasteiger partial charge in [0.15, 0.2) is 0 Å². The zero-order chi connectivity index (χ0) is 13.0. The molecule has 0 saturated carbocycles. The first-order valence-corrected chi connectivity index (χ1v) is 7.87. The highest BCUT2D eigenvalue weighted by molar-refractivity contribution is 8.00. The van der Waals surface area contributed by atoms with E-state index in [-0.39, 0.29) is 10.8 Å². The standard InChI is InChI=1S/C14H19ClFNS/c1-17-12(13-7-2-3-8-18-13)9-10-5-4-6-11(16)14(10)15/h4-6,12-13,17H,2-3,7-9H2,1H3. The van der Waals surface area contributed by atoms with Gasteiger partial charge in [-0.25, -0.2) is 4.39 Å². The monoisotopic (exact) mass is 287 g/mol. The normalized spacial score (nSPS) is 21.8. The predicted octanol–water partition coefficient (Wildman–Crippen LogP) is 3.90. The molecule has 2 rings (SSSR count). The van der Waals surface area contributed by atoms with E-state index in [4.69, 9.17) is 11.6 Å². The first kappa shape index (κ1) is 14.2. The highest BCUT2D eigenvalue weighted by atomic mass is 35.5. The lowest BCUT2D eigenvalue weighted by Gasteiger charge is -2.30. The number of hydrogen-bond acceptors (Lipinski definition) is 2. The van der Waals surface area contributed by atoms with Crippen molar-refractivity contribution in [3.05, 3.63) is 34.6 Å². The third kappa shape index (κ3) is 3.40. The van der Waals surface area contributed by atoms with Crippen LogP contribution < -0.4 is 5.32 Å². The van der Waals surface area contributed by atoms with Gasteiger partial charge in [-0.05, 0) is 43.7 Å². The molecule has 1 N–H and O–H groups in total. The summed E-state index contributed by atoms with van der Waals surface area (Å²) in [7, 11) is 1.98. The number of halogens is 2. The molecule has 2 atom stereocenters. The molecule has 0 aromatic heterocycles. The van der Waals surface area contributed by atoms with Crippen LogP contribution in [0.15, 0.2) is 18.2 Å². The number of rotatable bonds is 4. The van der Waals surface area contributed by atoms with E-state index >= 15 is 0 Å². The van der Waals surface area contributed by atoms with Crippen LogP contribution in [0, 0.1) is 5.82 Å².